The van der Waals surface area contributed by atoms with Gasteiger partial charge >= 0.3 is 5.97 Å². The molecule has 0 bridgehead atoms. The highest BCUT2D eigenvalue weighted by molar-refractivity contribution is 5.98. The average Bonchev–Trinajstić information content (AvgIpc) is 3.21. The number of rotatable bonds is 7. The SMILES string of the molecule is CCCCCc1ccc(NC(=O)[C@@H]2C[C@@H]2C(=O)O)cc1. The molecule has 1 saturated carbocycles. The molecule has 108 valence electrons. The Balaban J connectivity index is 1.82. The first-order chi connectivity index (χ1) is 9.61. The second-order valence-electron chi connectivity index (χ2n) is 5.43. The van der Waals surface area contributed by atoms with Gasteiger partial charge in [0, 0.05) is 5.69 Å². The zero-order chi connectivity index (χ0) is 14.5. The Morgan fingerprint density at radius 1 is 1.20 bits per heavy atom. The Kier molecular flexibility index (Phi) is 4.77. The molecule has 1 aliphatic rings. The monoisotopic (exact) mass is 275 g/mol. The minimum Gasteiger partial charge on any atom is -0.481 e. The highest BCUT2D eigenvalue weighted by Gasteiger charge is 2.48. The zero-order valence-electron chi connectivity index (χ0n) is 11.8. The minimum atomic E-state index is -0.878. The summed E-state index contributed by atoms with van der Waals surface area (Å²) >= 11 is 0. The number of amides is 1. The van der Waals surface area contributed by atoms with Crippen LogP contribution in [0.15, 0.2) is 24.3 Å². The van der Waals surface area contributed by atoms with Crippen LogP contribution in [0.1, 0.15) is 38.2 Å². The number of carboxylic acids is 1. The van der Waals surface area contributed by atoms with Gasteiger partial charge < -0.3 is 10.4 Å². The van der Waals surface area contributed by atoms with Gasteiger partial charge in [-0.1, -0.05) is 31.9 Å². The number of hydrogen-bond donors (Lipinski definition) is 2. The van der Waals surface area contributed by atoms with Crippen molar-refractivity contribution in [2.45, 2.75) is 39.0 Å². The van der Waals surface area contributed by atoms with Gasteiger partial charge in [0.05, 0.1) is 11.8 Å². The van der Waals surface area contributed by atoms with Gasteiger partial charge in [0.25, 0.3) is 0 Å². The van der Waals surface area contributed by atoms with Crippen LogP contribution in [0.25, 0.3) is 0 Å². The Bertz CT molecular complexity index is 481. The predicted octanol–water partition coefficient (Wildman–Crippen LogP) is 3.08. The highest BCUT2D eigenvalue weighted by atomic mass is 16.4. The van der Waals surface area contributed by atoms with Gasteiger partial charge in [0.2, 0.25) is 5.91 Å². The van der Waals surface area contributed by atoms with Crippen molar-refractivity contribution in [3.8, 4) is 0 Å². The van der Waals surface area contributed by atoms with Gasteiger partial charge in [-0.25, -0.2) is 0 Å². The molecule has 2 N–H and O–H groups in total. The summed E-state index contributed by atoms with van der Waals surface area (Å²) in [5.74, 6) is -1.92. The van der Waals surface area contributed by atoms with E-state index in [2.05, 4.69) is 12.2 Å². The van der Waals surface area contributed by atoms with E-state index in [1.165, 1.54) is 24.8 Å². The summed E-state index contributed by atoms with van der Waals surface area (Å²) in [5, 5.41) is 11.6. The van der Waals surface area contributed by atoms with E-state index in [9.17, 15) is 9.59 Å². The molecule has 2 rings (SSSR count). The molecule has 0 radical (unpaired) electrons. The highest BCUT2D eigenvalue weighted by Crippen LogP contribution is 2.39. The number of nitrogens with one attached hydrogen (secondary N) is 1. The molecule has 1 aromatic rings. The molecule has 0 aliphatic heterocycles. The van der Waals surface area contributed by atoms with Crippen LogP contribution < -0.4 is 5.32 Å². The molecule has 1 fully saturated rings. The largest absolute Gasteiger partial charge is 0.481 e. The number of carboxylic acid groups (broad SMARTS) is 1. The van der Waals surface area contributed by atoms with E-state index >= 15 is 0 Å². The number of carbonyl (C=O) groups excluding carboxylic acids is 1. The normalized spacial score (nSPS) is 20.4. The van der Waals surface area contributed by atoms with Gasteiger partial charge in [0.1, 0.15) is 0 Å². The Morgan fingerprint density at radius 3 is 2.45 bits per heavy atom. The van der Waals surface area contributed by atoms with Gasteiger partial charge in [-0.2, -0.15) is 0 Å². The van der Waals surface area contributed by atoms with Crippen molar-refractivity contribution in [3.05, 3.63) is 29.8 Å². The number of benzene rings is 1. The minimum absolute atomic E-state index is 0.184. The first-order valence-electron chi connectivity index (χ1n) is 7.24. The maximum atomic E-state index is 11.8. The molecular formula is C16H21NO3. The molecule has 1 aliphatic carbocycles. The summed E-state index contributed by atoms with van der Waals surface area (Å²) in [5.41, 5.74) is 2.01. The lowest BCUT2D eigenvalue weighted by molar-refractivity contribution is -0.139. The molecule has 4 nitrogen and oxygen atoms in total. The van der Waals surface area contributed by atoms with Gasteiger partial charge in [0.15, 0.2) is 0 Å². The van der Waals surface area contributed by atoms with Crippen LogP contribution >= 0.6 is 0 Å². The fraction of sp³-hybridized carbons (Fsp3) is 0.500. The second-order valence-corrected chi connectivity index (χ2v) is 5.43. The molecule has 1 amide bonds. The van der Waals surface area contributed by atoms with Crippen LogP contribution in [0.4, 0.5) is 5.69 Å². The molecule has 0 heterocycles. The molecule has 20 heavy (non-hydrogen) atoms. The number of carbonyl (C=O) groups is 2. The van der Waals surface area contributed by atoms with Crippen LogP contribution in [-0.4, -0.2) is 17.0 Å². The van der Waals surface area contributed by atoms with E-state index in [0.29, 0.717) is 6.42 Å². The third-order valence-electron chi connectivity index (χ3n) is 3.73. The maximum absolute atomic E-state index is 11.8. The van der Waals surface area contributed by atoms with Crippen molar-refractivity contribution in [2.24, 2.45) is 11.8 Å². The summed E-state index contributed by atoms with van der Waals surface area (Å²) in [7, 11) is 0. The molecule has 0 aromatic heterocycles. The van der Waals surface area contributed by atoms with Crippen molar-refractivity contribution >= 4 is 17.6 Å². The summed E-state index contributed by atoms with van der Waals surface area (Å²) < 4.78 is 0. The van der Waals surface area contributed by atoms with Crippen molar-refractivity contribution < 1.29 is 14.7 Å². The number of unbranched alkanes of at least 4 members (excludes halogenated alkanes) is 2. The topological polar surface area (TPSA) is 66.4 Å². The van der Waals surface area contributed by atoms with Crippen LogP contribution in [0.5, 0.6) is 0 Å². The van der Waals surface area contributed by atoms with E-state index in [4.69, 9.17) is 5.11 Å². The number of hydrogen-bond acceptors (Lipinski definition) is 2. The average molecular weight is 275 g/mol. The van der Waals surface area contributed by atoms with Gasteiger partial charge in [-0.15, -0.1) is 0 Å². The van der Waals surface area contributed by atoms with Crippen LogP contribution in [0.3, 0.4) is 0 Å². The van der Waals surface area contributed by atoms with Crippen molar-refractivity contribution in [1.29, 1.82) is 0 Å². The Labute approximate surface area is 119 Å². The predicted molar refractivity (Wildman–Crippen MR) is 77.5 cm³/mol. The number of aliphatic carboxylic acids is 1. The maximum Gasteiger partial charge on any atom is 0.307 e. The van der Waals surface area contributed by atoms with Crippen molar-refractivity contribution in [3.63, 3.8) is 0 Å². The molecule has 0 spiro atoms. The van der Waals surface area contributed by atoms with Crippen LogP contribution in [0.2, 0.25) is 0 Å². The summed E-state index contributed by atoms with van der Waals surface area (Å²) in [4.78, 5) is 22.5. The lowest BCUT2D eigenvalue weighted by Crippen LogP contribution is -2.16. The third kappa shape index (κ3) is 3.83. The van der Waals surface area contributed by atoms with E-state index in [1.807, 2.05) is 24.3 Å². The Hall–Kier alpha value is -1.84. The lowest BCUT2D eigenvalue weighted by Gasteiger charge is -2.06. The van der Waals surface area contributed by atoms with Gasteiger partial charge in [-0.3, -0.25) is 9.59 Å². The first kappa shape index (κ1) is 14.6. The molecule has 2 atom stereocenters. The molecule has 4 heteroatoms. The number of anilines is 1. The fourth-order valence-corrected chi connectivity index (χ4v) is 2.33. The van der Waals surface area contributed by atoms with Gasteiger partial charge in [-0.05, 0) is 37.0 Å². The van der Waals surface area contributed by atoms with Crippen molar-refractivity contribution in [2.75, 3.05) is 5.32 Å². The molecule has 1 aromatic carbocycles. The first-order valence-corrected chi connectivity index (χ1v) is 7.24. The second kappa shape index (κ2) is 6.55. The summed E-state index contributed by atoms with van der Waals surface area (Å²) in [6, 6.07) is 7.81. The van der Waals surface area contributed by atoms with Crippen LogP contribution in [0, 0.1) is 11.8 Å². The lowest BCUT2D eigenvalue weighted by atomic mass is 10.1. The quantitative estimate of drug-likeness (QED) is 0.751. The zero-order valence-corrected chi connectivity index (χ0v) is 11.8. The third-order valence-corrected chi connectivity index (χ3v) is 3.73. The summed E-state index contributed by atoms with van der Waals surface area (Å²) in [6.07, 6.45) is 5.14. The van der Waals surface area contributed by atoms with Crippen molar-refractivity contribution in [1.82, 2.24) is 0 Å². The molecule has 0 saturated heterocycles. The van der Waals surface area contributed by atoms with E-state index < -0.39 is 11.9 Å². The standard InChI is InChI=1S/C16H21NO3/c1-2-3-4-5-11-6-8-12(9-7-11)17-15(18)13-10-14(13)16(19)20/h6-9,13-14H,2-5,10H2,1H3,(H,17,18)(H,19,20)/t13-,14+/m1/s1. The fourth-order valence-electron chi connectivity index (χ4n) is 2.33. The molecular weight excluding hydrogens is 254 g/mol. The van der Waals surface area contributed by atoms with E-state index in [1.54, 1.807) is 0 Å². The summed E-state index contributed by atoms with van der Waals surface area (Å²) in [6.45, 7) is 2.18. The molecule has 0 unspecified atom stereocenters. The Morgan fingerprint density at radius 2 is 1.90 bits per heavy atom. The smallest absolute Gasteiger partial charge is 0.307 e. The van der Waals surface area contributed by atoms with E-state index in [0.717, 1.165) is 12.1 Å². The number of aryl methyl sites for hydroxylation is 1. The van der Waals surface area contributed by atoms with E-state index in [-0.39, 0.29) is 11.8 Å². The van der Waals surface area contributed by atoms with Crippen LogP contribution in [-0.2, 0) is 16.0 Å².